The number of urea groups is 1. The van der Waals surface area contributed by atoms with E-state index in [0.717, 1.165) is 11.1 Å². The molecule has 3 N–H and O–H groups in total. The van der Waals surface area contributed by atoms with E-state index in [9.17, 15) is 14.4 Å². The number of nitrogens with one attached hydrogen (secondary N) is 1. The highest BCUT2D eigenvalue weighted by Gasteiger charge is 2.26. The van der Waals surface area contributed by atoms with Crippen molar-refractivity contribution in [2.75, 3.05) is 0 Å². The van der Waals surface area contributed by atoms with Crippen LogP contribution in [0.5, 0.6) is 0 Å². The Morgan fingerprint density at radius 2 is 1.76 bits per heavy atom. The van der Waals surface area contributed by atoms with Gasteiger partial charge < -0.3 is 14.9 Å². The zero-order valence-corrected chi connectivity index (χ0v) is 16.5. The van der Waals surface area contributed by atoms with Crippen molar-refractivity contribution in [3.8, 4) is 0 Å². The van der Waals surface area contributed by atoms with Gasteiger partial charge in [-0.05, 0) is 18.6 Å². The first-order valence-corrected chi connectivity index (χ1v) is 10.0. The molecule has 0 aliphatic heterocycles. The SMILES string of the molecule is C[C@@H](OC(=O)c1oc2ccccc2c1CSCc1ccccc1)C(=O)NC(N)=O. The molecular formula is C21H20N2O5S. The summed E-state index contributed by atoms with van der Waals surface area (Å²) in [6.45, 7) is 1.35. The maximum absolute atomic E-state index is 12.6. The summed E-state index contributed by atoms with van der Waals surface area (Å²) in [6.07, 6.45) is -1.20. The molecule has 3 amide bonds. The Kier molecular flexibility index (Phi) is 6.56. The van der Waals surface area contributed by atoms with Crippen molar-refractivity contribution < 1.29 is 23.5 Å². The molecule has 7 nitrogen and oxygen atoms in total. The Bertz CT molecular complexity index is 1030. The van der Waals surface area contributed by atoms with Gasteiger partial charge >= 0.3 is 12.0 Å². The van der Waals surface area contributed by atoms with E-state index < -0.39 is 24.0 Å². The number of esters is 1. The predicted molar refractivity (Wildman–Crippen MR) is 110 cm³/mol. The van der Waals surface area contributed by atoms with E-state index in [1.807, 2.05) is 53.8 Å². The van der Waals surface area contributed by atoms with Gasteiger partial charge in [0.05, 0.1) is 0 Å². The fourth-order valence-corrected chi connectivity index (χ4v) is 3.76. The number of hydrogen-bond donors (Lipinski definition) is 2. The van der Waals surface area contributed by atoms with Crippen LogP contribution in [0.1, 0.15) is 28.6 Å². The molecule has 1 heterocycles. The number of para-hydroxylation sites is 1. The highest BCUT2D eigenvalue weighted by Crippen LogP contribution is 2.31. The average molecular weight is 412 g/mol. The molecule has 0 spiro atoms. The van der Waals surface area contributed by atoms with Crippen LogP contribution in [0.25, 0.3) is 11.0 Å². The molecule has 0 saturated heterocycles. The summed E-state index contributed by atoms with van der Waals surface area (Å²) in [5.41, 5.74) is 7.35. The van der Waals surface area contributed by atoms with Crippen LogP contribution in [0.3, 0.4) is 0 Å². The van der Waals surface area contributed by atoms with Crippen molar-refractivity contribution in [1.29, 1.82) is 0 Å². The number of primary amides is 1. The van der Waals surface area contributed by atoms with E-state index in [1.165, 1.54) is 12.5 Å². The second kappa shape index (κ2) is 9.29. The van der Waals surface area contributed by atoms with Crippen molar-refractivity contribution in [2.45, 2.75) is 24.5 Å². The normalized spacial score (nSPS) is 11.8. The molecule has 0 radical (unpaired) electrons. The first-order valence-electron chi connectivity index (χ1n) is 8.89. The molecule has 8 heteroatoms. The molecule has 0 aliphatic carbocycles. The Hall–Kier alpha value is -3.26. The number of nitrogens with two attached hydrogens (primary N) is 1. The molecule has 0 saturated carbocycles. The molecule has 29 heavy (non-hydrogen) atoms. The molecule has 1 aromatic heterocycles. The quantitative estimate of drug-likeness (QED) is 0.574. The number of fused-ring (bicyclic) bond motifs is 1. The maximum Gasteiger partial charge on any atom is 0.375 e. The first kappa shape index (κ1) is 20.5. The molecule has 2 aromatic carbocycles. The summed E-state index contributed by atoms with van der Waals surface area (Å²) in [4.78, 5) is 35.2. The fraction of sp³-hybridized carbons (Fsp3) is 0.190. The van der Waals surface area contributed by atoms with E-state index in [4.69, 9.17) is 14.9 Å². The van der Waals surface area contributed by atoms with Crippen LogP contribution < -0.4 is 11.1 Å². The lowest BCUT2D eigenvalue weighted by Crippen LogP contribution is -2.42. The van der Waals surface area contributed by atoms with Gasteiger partial charge in [0.2, 0.25) is 5.76 Å². The van der Waals surface area contributed by atoms with Crippen molar-refractivity contribution in [3.63, 3.8) is 0 Å². The number of amides is 3. The van der Waals surface area contributed by atoms with Crippen LogP contribution in [-0.2, 0) is 21.0 Å². The van der Waals surface area contributed by atoms with Gasteiger partial charge in [0.25, 0.3) is 5.91 Å². The number of imide groups is 1. The second-order valence-electron chi connectivity index (χ2n) is 6.29. The minimum Gasteiger partial charge on any atom is -0.449 e. The molecule has 0 unspecified atom stereocenters. The third-order valence-electron chi connectivity index (χ3n) is 4.14. The smallest absolute Gasteiger partial charge is 0.375 e. The van der Waals surface area contributed by atoms with Gasteiger partial charge in [-0.15, -0.1) is 0 Å². The van der Waals surface area contributed by atoms with Gasteiger partial charge in [-0.3, -0.25) is 10.1 Å². The van der Waals surface area contributed by atoms with Gasteiger partial charge in [0.15, 0.2) is 6.10 Å². The number of benzene rings is 2. The average Bonchev–Trinajstić information content (AvgIpc) is 3.07. The number of carbonyl (C=O) groups excluding carboxylic acids is 3. The van der Waals surface area contributed by atoms with Crippen molar-refractivity contribution in [1.82, 2.24) is 5.32 Å². The molecule has 0 fully saturated rings. The van der Waals surface area contributed by atoms with Crippen LogP contribution in [0.2, 0.25) is 0 Å². The van der Waals surface area contributed by atoms with Crippen LogP contribution in [0.4, 0.5) is 4.79 Å². The monoisotopic (exact) mass is 412 g/mol. The van der Waals surface area contributed by atoms with Gasteiger partial charge in [0, 0.05) is 22.5 Å². The van der Waals surface area contributed by atoms with Crippen LogP contribution in [0.15, 0.2) is 59.0 Å². The Labute approximate surface area is 171 Å². The van der Waals surface area contributed by atoms with E-state index in [2.05, 4.69) is 0 Å². The molecule has 0 aliphatic rings. The van der Waals surface area contributed by atoms with Gasteiger partial charge in [-0.1, -0.05) is 48.5 Å². The van der Waals surface area contributed by atoms with Crippen molar-refractivity contribution in [3.05, 3.63) is 71.5 Å². The molecule has 0 bridgehead atoms. The Morgan fingerprint density at radius 3 is 2.48 bits per heavy atom. The molecule has 3 rings (SSSR count). The second-order valence-corrected chi connectivity index (χ2v) is 7.27. The summed E-state index contributed by atoms with van der Waals surface area (Å²) in [5, 5.41) is 2.70. The highest BCUT2D eigenvalue weighted by molar-refractivity contribution is 7.97. The van der Waals surface area contributed by atoms with E-state index in [0.29, 0.717) is 16.9 Å². The van der Waals surface area contributed by atoms with Crippen LogP contribution in [0, 0.1) is 0 Å². The lowest BCUT2D eigenvalue weighted by molar-refractivity contribution is -0.127. The minimum atomic E-state index is -1.20. The lowest BCUT2D eigenvalue weighted by Gasteiger charge is -2.11. The van der Waals surface area contributed by atoms with E-state index in [-0.39, 0.29) is 5.76 Å². The van der Waals surface area contributed by atoms with E-state index in [1.54, 1.807) is 17.8 Å². The molecule has 1 atom stereocenters. The van der Waals surface area contributed by atoms with Gasteiger partial charge in [-0.25, -0.2) is 9.59 Å². The summed E-state index contributed by atoms with van der Waals surface area (Å²) in [5.74, 6) is -0.235. The maximum atomic E-state index is 12.6. The third kappa shape index (κ3) is 5.17. The Balaban J connectivity index is 1.77. The zero-order chi connectivity index (χ0) is 20.8. The summed E-state index contributed by atoms with van der Waals surface area (Å²) in [6, 6.07) is 16.3. The molecular weight excluding hydrogens is 392 g/mol. The molecule has 150 valence electrons. The van der Waals surface area contributed by atoms with E-state index >= 15 is 0 Å². The molecule has 3 aromatic rings. The van der Waals surface area contributed by atoms with Gasteiger partial charge in [0.1, 0.15) is 5.58 Å². The number of carbonyl (C=O) groups is 3. The number of furan rings is 1. The van der Waals surface area contributed by atoms with Crippen molar-refractivity contribution >= 4 is 40.6 Å². The summed E-state index contributed by atoms with van der Waals surface area (Å²) in [7, 11) is 0. The third-order valence-corrected chi connectivity index (χ3v) is 5.17. The summed E-state index contributed by atoms with van der Waals surface area (Å²) >= 11 is 1.64. The standard InChI is InChI=1S/C21H20N2O5S/c1-13(19(24)23-21(22)26)27-20(25)18-16(15-9-5-6-10-17(15)28-18)12-29-11-14-7-3-2-4-8-14/h2-10,13H,11-12H2,1H3,(H3,22,23,24,26)/t13-/m1/s1. The number of ether oxygens (including phenoxy) is 1. The van der Waals surface area contributed by atoms with Gasteiger partial charge in [-0.2, -0.15) is 11.8 Å². The number of thioether (sulfide) groups is 1. The Morgan fingerprint density at radius 1 is 1.07 bits per heavy atom. The summed E-state index contributed by atoms with van der Waals surface area (Å²) < 4.78 is 10.9. The topological polar surface area (TPSA) is 112 Å². The van der Waals surface area contributed by atoms with Crippen LogP contribution in [-0.4, -0.2) is 24.0 Å². The minimum absolute atomic E-state index is 0.0467. The van der Waals surface area contributed by atoms with Crippen molar-refractivity contribution in [2.24, 2.45) is 5.73 Å². The largest absolute Gasteiger partial charge is 0.449 e. The zero-order valence-electron chi connectivity index (χ0n) is 15.7. The first-order chi connectivity index (χ1) is 14.0. The number of hydrogen-bond acceptors (Lipinski definition) is 6. The number of rotatable bonds is 7. The fourth-order valence-electron chi connectivity index (χ4n) is 2.74. The predicted octanol–water partition coefficient (Wildman–Crippen LogP) is 3.61. The lowest BCUT2D eigenvalue weighted by atomic mass is 10.1. The highest BCUT2D eigenvalue weighted by atomic mass is 32.2. The van der Waals surface area contributed by atoms with Crippen LogP contribution >= 0.6 is 11.8 Å².